The Morgan fingerprint density at radius 3 is 2.23 bits per heavy atom. The van der Waals surface area contributed by atoms with Gasteiger partial charge in [-0.05, 0) is 62.1 Å². The van der Waals surface area contributed by atoms with Gasteiger partial charge in [0.05, 0.1) is 11.6 Å². The van der Waals surface area contributed by atoms with Crippen molar-refractivity contribution in [3.8, 4) is 5.75 Å². The van der Waals surface area contributed by atoms with E-state index in [1.54, 1.807) is 51.1 Å². The minimum absolute atomic E-state index is 0.0135. The van der Waals surface area contributed by atoms with Crippen molar-refractivity contribution >= 4 is 70.8 Å². The molecular formula is C50H60ClN9O15. The molecule has 8 rings (SSSR count). The second-order valence-corrected chi connectivity index (χ2v) is 19.1. The van der Waals surface area contributed by atoms with Gasteiger partial charge < -0.3 is 71.2 Å². The maximum atomic E-state index is 15.1. The Morgan fingerprint density at radius 1 is 0.920 bits per heavy atom. The Morgan fingerprint density at radius 2 is 1.60 bits per heavy atom. The zero-order chi connectivity index (χ0) is 55.0. The number of hydrogen-bond acceptors (Lipinski definition) is 15. The number of likely N-dealkylation sites (N-methyl/N-ethyl adjacent to an activating group) is 1. The molecule has 8 amide bonds. The van der Waals surface area contributed by atoms with Gasteiger partial charge in [0.2, 0.25) is 35.3 Å². The highest BCUT2D eigenvalue weighted by Gasteiger charge is 2.50. The molecule has 75 heavy (non-hydrogen) atoms. The van der Waals surface area contributed by atoms with E-state index in [1.807, 2.05) is 0 Å². The number of carbonyl (C=O) groups excluding carboxylic acids is 10. The van der Waals surface area contributed by atoms with Crippen LogP contribution in [0, 0.1) is 5.92 Å². The lowest BCUT2D eigenvalue weighted by molar-refractivity contribution is -0.177. The quantitative estimate of drug-likeness (QED) is 0.0796. The van der Waals surface area contributed by atoms with E-state index in [0.29, 0.717) is 5.56 Å². The van der Waals surface area contributed by atoms with Crippen molar-refractivity contribution in [2.75, 3.05) is 26.8 Å². The first-order chi connectivity index (χ1) is 35.4. The standard InChI is InChI=1S/C50H60ClN9O15/c1-8-26(2)37-42(65)56-38-30-14-16-31(17-15-30)74-28(4)50(25-73-50)20-18-35(61)53-23-36(62)72-24-33(55-46(69)48(5,71)58-41(64)34(60(7)44(38)67)22-29-12-10-9-11-13-29)45(68)75-49(6,47(70)57-37)59-40(63)27(3)54-43(66)39-32(51)19-21-52-39/h9-21,26-28,33-34,37-38,52,71H,8,22-25H2,1-7H3,(H,53,61)(H,54,66)(H,55,69)(H,56,65)(H,57,70)(H,58,64)(H,59,63)/b20-18+. The van der Waals surface area contributed by atoms with E-state index in [4.69, 9.17) is 30.5 Å². The molecule has 1 aromatic heterocycles. The van der Waals surface area contributed by atoms with E-state index in [2.05, 4.69) is 42.2 Å². The summed E-state index contributed by atoms with van der Waals surface area (Å²) >= 11 is 6.10. The zero-order valence-corrected chi connectivity index (χ0v) is 42.8. The van der Waals surface area contributed by atoms with Crippen LogP contribution in [-0.4, -0.2) is 148 Å². The first-order valence-corrected chi connectivity index (χ1v) is 24.2. The Balaban J connectivity index is 1.50. The third kappa shape index (κ3) is 13.9. The highest BCUT2D eigenvalue weighted by molar-refractivity contribution is 6.33. The van der Waals surface area contributed by atoms with Crippen molar-refractivity contribution in [2.24, 2.45) is 5.92 Å². The fraction of sp³-hybridized carbons (Fsp3) is 0.440. The van der Waals surface area contributed by atoms with Crippen molar-refractivity contribution in [3.05, 3.63) is 101 Å². The lowest BCUT2D eigenvalue weighted by Gasteiger charge is -2.36. The number of ether oxygens (including phenoxy) is 4. The monoisotopic (exact) mass is 1060 g/mol. The largest absolute Gasteiger partial charge is 0.487 e. The number of hydrogen-bond donors (Lipinski definition) is 9. The normalized spacial score (nSPS) is 28.6. The predicted molar refractivity (Wildman–Crippen MR) is 263 cm³/mol. The molecule has 6 heterocycles. The average molecular weight is 1060 g/mol. The van der Waals surface area contributed by atoms with Gasteiger partial charge in [0.25, 0.3) is 23.4 Å². The molecule has 25 heteroatoms. The highest BCUT2D eigenvalue weighted by Crippen LogP contribution is 2.35. The van der Waals surface area contributed by atoms with E-state index in [1.165, 1.54) is 56.6 Å². The van der Waals surface area contributed by atoms with Crippen LogP contribution in [0.3, 0.4) is 0 Å². The molecule has 24 nitrogen and oxygen atoms in total. The third-order valence-electron chi connectivity index (χ3n) is 12.9. The number of aliphatic hydroxyl groups is 1. The molecular weight excluding hydrogens is 1000 g/mol. The number of epoxide rings is 1. The summed E-state index contributed by atoms with van der Waals surface area (Å²) in [4.78, 5) is 144. The third-order valence-corrected chi connectivity index (χ3v) is 13.2. The van der Waals surface area contributed by atoms with Gasteiger partial charge in [-0.1, -0.05) is 74.3 Å². The first-order valence-electron chi connectivity index (χ1n) is 23.9. The number of H-pyrrole nitrogens is 1. The molecule has 402 valence electrons. The number of aromatic nitrogens is 1. The number of nitrogens with one attached hydrogen (secondary N) is 8. The molecule has 0 saturated carbocycles. The summed E-state index contributed by atoms with van der Waals surface area (Å²) in [5.74, 6) is -11.8. The van der Waals surface area contributed by atoms with Crippen molar-refractivity contribution in [3.63, 3.8) is 0 Å². The van der Waals surface area contributed by atoms with Crippen LogP contribution in [0.5, 0.6) is 5.75 Å². The highest BCUT2D eigenvalue weighted by atomic mass is 35.5. The number of fused-ring (bicyclic) bond motifs is 8. The molecule has 5 aliphatic rings. The number of esters is 2. The van der Waals surface area contributed by atoms with Crippen LogP contribution in [-0.2, 0) is 63.8 Å². The molecule has 10 unspecified atom stereocenters. The zero-order valence-electron chi connectivity index (χ0n) is 42.1. The van der Waals surface area contributed by atoms with E-state index < -0.39 is 132 Å². The molecule has 4 bridgehead atoms. The van der Waals surface area contributed by atoms with E-state index >= 15 is 4.79 Å². The summed E-state index contributed by atoms with van der Waals surface area (Å²) in [7, 11) is 1.27. The topological polar surface area (TPSA) is 334 Å². The van der Waals surface area contributed by atoms with Crippen LogP contribution in [0.2, 0.25) is 5.02 Å². The molecule has 0 aliphatic carbocycles. The second-order valence-electron chi connectivity index (χ2n) is 18.7. The van der Waals surface area contributed by atoms with Gasteiger partial charge in [0.15, 0.2) is 6.04 Å². The summed E-state index contributed by atoms with van der Waals surface area (Å²) < 4.78 is 22.8. The van der Waals surface area contributed by atoms with Crippen LogP contribution in [0.4, 0.5) is 0 Å². The van der Waals surface area contributed by atoms with Crippen LogP contribution in [0.1, 0.15) is 75.6 Å². The molecule has 2 saturated heterocycles. The van der Waals surface area contributed by atoms with Gasteiger partial charge in [-0.15, -0.1) is 0 Å². The van der Waals surface area contributed by atoms with Crippen molar-refractivity contribution in [2.45, 2.75) is 108 Å². The van der Waals surface area contributed by atoms with Gasteiger partial charge in [-0.2, -0.15) is 0 Å². The number of carbonyl (C=O) groups is 10. The molecule has 10 atom stereocenters. The maximum Gasteiger partial charge on any atom is 0.334 e. The summed E-state index contributed by atoms with van der Waals surface area (Å²) in [6, 6.07) is 7.36. The van der Waals surface area contributed by atoms with Crippen molar-refractivity contribution in [1.29, 1.82) is 0 Å². The lowest BCUT2D eigenvalue weighted by atomic mass is 9.96. The smallest absolute Gasteiger partial charge is 0.334 e. The van der Waals surface area contributed by atoms with Crippen molar-refractivity contribution < 1.29 is 72.0 Å². The van der Waals surface area contributed by atoms with E-state index in [-0.39, 0.29) is 41.5 Å². The van der Waals surface area contributed by atoms with E-state index in [0.717, 1.165) is 24.8 Å². The second kappa shape index (κ2) is 23.6. The SMILES string of the molecule is CCC(C)C1NC(=O)C(C)(NC(=O)C(C)NC(=O)c2[nH]ccc2Cl)OC(=O)C2COC(=O)CNC(=O)/C=C/C3(CO3)C(C)Oc3ccc(cc3)C(NC1=O)C(=O)N(C)C(Cc1ccccc1)C(=O)NC(C)(O)C(=O)N2. The Kier molecular flexibility index (Phi) is 17.8. The van der Waals surface area contributed by atoms with Gasteiger partial charge in [-0.3, -0.25) is 43.2 Å². The molecule has 2 fully saturated rings. The molecule has 1 spiro atoms. The van der Waals surface area contributed by atoms with Gasteiger partial charge in [0.1, 0.15) is 60.5 Å². The summed E-state index contributed by atoms with van der Waals surface area (Å²) in [5, 5.41) is 28.3. The number of aromatic amines is 1. The number of rotatable bonds is 8. The predicted octanol–water partition coefficient (Wildman–Crippen LogP) is -0.291. The Hall–Kier alpha value is -7.83. The number of benzene rings is 2. The fourth-order valence-corrected chi connectivity index (χ4v) is 8.01. The number of amides is 8. The van der Waals surface area contributed by atoms with Crippen LogP contribution in [0.15, 0.2) is 79.0 Å². The minimum Gasteiger partial charge on any atom is -0.487 e. The van der Waals surface area contributed by atoms with Gasteiger partial charge in [-0.25, -0.2) is 4.79 Å². The maximum absolute atomic E-state index is 15.1. The minimum atomic E-state index is -2.94. The molecule has 2 aromatic carbocycles. The molecule has 9 N–H and O–H groups in total. The summed E-state index contributed by atoms with van der Waals surface area (Å²) in [6.07, 6.45) is 3.23. The summed E-state index contributed by atoms with van der Waals surface area (Å²) in [5.41, 5.74) is -6.30. The molecule has 3 aromatic rings. The fourth-order valence-electron chi connectivity index (χ4n) is 7.81. The first kappa shape index (κ1) is 56.5. The molecule has 5 aliphatic heterocycles. The summed E-state index contributed by atoms with van der Waals surface area (Å²) in [6.45, 7) is 6.21. The van der Waals surface area contributed by atoms with Crippen molar-refractivity contribution in [1.82, 2.24) is 47.1 Å². The Labute approximate surface area is 435 Å². The number of nitrogens with zero attached hydrogens (tertiary/aromatic N) is 1. The van der Waals surface area contributed by atoms with Crippen LogP contribution in [0.25, 0.3) is 0 Å². The van der Waals surface area contributed by atoms with Crippen LogP contribution < -0.4 is 42.0 Å². The Bertz CT molecular complexity index is 2710. The van der Waals surface area contributed by atoms with Gasteiger partial charge in [0, 0.05) is 32.7 Å². The van der Waals surface area contributed by atoms with Gasteiger partial charge >= 0.3 is 11.9 Å². The average Bonchev–Trinajstić information content (AvgIpc) is 4.05. The number of halogens is 1. The lowest BCUT2D eigenvalue weighted by Crippen LogP contribution is -2.67. The van der Waals surface area contributed by atoms with Crippen LogP contribution >= 0.6 is 11.6 Å². The molecule has 0 radical (unpaired) electrons. The van der Waals surface area contributed by atoms with E-state index in [9.17, 15) is 48.3 Å².